The van der Waals surface area contributed by atoms with Crippen LogP contribution in [0.3, 0.4) is 0 Å². The molecule has 2 atom stereocenters. The van der Waals surface area contributed by atoms with Gasteiger partial charge >= 0.3 is 6.18 Å². The van der Waals surface area contributed by atoms with Crippen molar-refractivity contribution in [2.24, 2.45) is 5.73 Å². The highest BCUT2D eigenvalue weighted by Gasteiger charge is 2.32. The summed E-state index contributed by atoms with van der Waals surface area (Å²) >= 11 is 0. The lowest BCUT2D eigenvalue weighted by atomic mass is 10.1. The summed E-state index contributed by atoms with van der Waals surface area (Å²) < 4.78 is 38.0. The quantitative estimate of drug-likeness (QED) is 0.793. The molecule has 0 spiro atoms. The molecule has 0 saturated heterocycles. The van der Waals surface area contributed by atoms with Gasteiger partial charge in [-0.2, -0.15) is 13.2 Å². The van der Waals surface area contributed by atoms with Crippen LogP contribution in [0.5, 0.6) is 0 Å². The fourth-order valence-corrected chi connectivity index (χ4v) is 2.59. The van der Waals surface area contributed by atoms with Crippen molar-refractivity contribution in [1.82, 2.24) is 5.32 Å². The lowest BCUT2D eigenvalue weighted by Gasteiger charge is -2.19. The van der Waals surface area contributed by atoms with E-state index in [2.05, 4.69) is 5.32 Å². The number of carbonyl (C=O) groups is 2. The van der Waals surface area contributed by atoms with Crippen LogP contribution in [0.1, 0.15) is 18.9 Å². The van der Waals surface area contributed by atoms with Gasteiger partial charge in [0.25, 0.3) is 5.91 Å². The number of nitrogens with two attached hydrogens (primary N) is 1. The van der Waals surface area contributed by atoms with Gasteiger partial charge in [-0.1, -0.05) is 24.3 Å². The Morgan fingerprint density at radius 2 is 2.04 bits per heavy atom. The summed E-state index contributed by atoms with van der Waals surface area (Å²) in [6, 6.07) is 5.07. The summed E-state index contributed by atoms with van der Waals surface area (Å²) in [4.78, 5) is 25.4. The maximum Gasteiger partial charge on any atom is 0.391 e. The number of benzene rings is 1. The second-order valence-corrected chi connectivity index (χ2v) is 5.95. The third kappa shape index (κ3) is 5.32. The average Bonchev–Trinajstić information content (AvgIpc) is 2.94. The Morgan fingerprint density at radius 1 is 1.36 bits per heavy atom. The van der Waals surface area contributed by atoms with Crippen LogP contribution in [0.2, 0.25) is 0 Å². The van der Waals surface area contributed by atoms with E-state index >= 15 is 0 Å². The number of rotatable bonds is 5. The normalized spacial score (nSPS) is 16.6. The Morgan fingerprint density at radius 3 is 2.68 bits per heavy atom. The van der Waals surface area contributed by atoms with Crippen LogP contribution in [-0.2, 0) is 16.0 Å². The van der Waals surface area contributed by atoms with E-state index in [0.717, 1.165) is 23.4 Å². The van der Waals surface area contributed by atoms with E-state index < -0.39 is 36.5 Å². The molecule has 5 nitrogen and oxygen atoms in total. The van der Waals surface area contributed by atoms with Crippen LogP contribution in [0.4, 0.5) is 18.9 Å². The number of para-hydroxylation sites is 1. The third-order valence-electron chi connectivity index (χ3n) is 3.82. The Hall–Kier alpha value is -2.35. The molecule has 1 heterocycles. The van der Waals surface area contributed by atoms with E-state index in [4.69, 9.17) is 5.73 Å². The number of fused-ring (bicyclic) bond motifs is 1. The topological polar surface area (TPSA) is 75.4 Å². The minimum Gasteiger partial charge on any atom is -0.348 e. The molecule has 2 amide bonds. The molecule has 25 heavy (non-hydrogen) atoms. The van der Waals surface area contributed by atoms with Gasteiger partial charge in [-0.25, -0.2) is 0 Å². The molecular weight excluding hydrogens is 335 g/mol. The van der Waals surface area contributed by atoms with Crippen molar-refractivity contribution < 1.29 is 22.8 Å². The minimum atomic E-state index is -4.48. The largest absolute Gasteiger partial charge is 0.391 e. The monoisotopic (exact) mass is 355 g/mol. The Kier molecular flexibility index (Phi) is 5.84. The smallest absolute Gasteiger partial charge is 0.348 e. The predicted molar refractivity (Wildman–Crippen MR) is 87.9 cm³/mol. The molecule has 0 saturated carbocycles. The molecule has 0 fully saturated rings. The molecule has 1 aliphatic heterocycles. The van der Waals surface area contributed by atoms with Crippen LogP contribution in [0.25, 0.3) is 0 Å². The van der Waals surface area contributed by atoms with Crippen molar-refractivity contribution >= 4 is 17.5 Å². The number of halogens is 3. The predicted octanol–water partition coefficient (Wildman–Crippen LogP) is 1.92. The molecule has 0 bridgehead atoms. The standard InChI is InChI=1S/C17H20F3N3O2/c1-11(21)16(25)22-13(10-17(18,19)20)6-7-15(24)23-9-8-12-4-2-3-5-14(12)23/h2-7,11,13H,8-10,21H2,1H3,(H,22,25)/b7-6+/t11-,13+/m0/s1. The maximum absolute atomic E-state index is 12.7. The molecule has 136 valence electrons. The Balaban J connectivity index is 2.09. The van der Waals surface area contributed by atoms with E-state index in [1.807, 2.05) is 12.1 Å². The second kappa shape index (κ2) is 7.69. The molecule has 2 rings (SSSR count). The molecule has 3 N–H and O–H groups in total. The Labute approximate surface area is 143 Å². The zero-order chi connectivity index (χ0) is 18.6. The van der Waals surface area contributed by atoms with Gasteiger partial charge in [-0.15, -0.1) is 0 Å². The minimum absolute atomic E-state index is 0.424. The molecule has 1 aromatic rings. The summed E-state index contributed by atoms with van der Waals surface area (Å²) in [5.41, 5.74) is 7.13. The van der Waals surface area contributed by atoms with Crippen LogP contribution in [0, 0.1) is 0 Å². The van der Waals surface area contributed by atoms with Gasteiger partial charge in [0.1, 0.15) is 0 Å². The number of amides is 2. The van der Waals surface area contributed by atoms with E-state index in [1.54, 1.807) is 12.1 Å². The number of anilines is 1. The molecule has 1 aromatic carbocycles. The van der Waals surface area contributed by atoms with Gasteiger partial charge in [0.15, 0.2) is 0 Å². The first-order chi connectivity index (χ1) is 11.7. The number of hydrogen-bond donors (Lipinski definition) is 2. The Bertz CT molecular complexity index is 671. The first kappa shape index (κ1) is 19.0. The molecule has 8 heteroatoms. The van der Waals surface area contributed by atoms with Gasteiger partial charge < -0.3 is 16.0 Å². The summed E-state index contributed by atoms with van der Waals surface area (Å²) in [6.07, 6.45) is -2.92. The van der Waals surface area contributed by atoms with Gasteiger partial charge in [0.05, 0.1) is 18.5 Å². The number of hydrogen-bond acceptors (Lipinski definition) is 3. The number of alkyl halides is 3. The molecule has 0 radical (unpaired) electrons. The van der Waals surface area contributed by atoms with Crippen molar-refractivity contribution in [2.45, 2.75) is 38.0 Å². The summed E-state index contributed by atoms with van der Waals surface area (Å²) in [6.45, 7) is 1.84. The third-order valence-corrected chi connectivity index (χ3v) is 3.82. The van der Waals surface area contributed by atoms with Crippen molar-refractivity contribution in [3.05, 3.63) is 42.0 Å². The van der Waals surface area contributed by atoms with Gasteiger partial charge in [-0.3, -0.25) is 9.59 Å². The zero-order valence-corrected chi connectivity index (χ0v) is 13.7. The number of nitrogens with zero attached hydrogens (tertiary/aromatic N) is 1. The van der Waals surface area contributed by atoms with Gasteiger partial charge in [0, 0.05) is 18.3 Å². The molecule has 1 aliphatic rings. The van der Waals surface area contributed by atoms with E-state index in [-0.39, 0.29) is 0 Å². The van der Waals surface area contributed by atoms with Crippen molar-refractivity contribution in [1.29, 1.82) is 0 Å². The molecular formula is C17H20F3N3O2. The lowest BCUT2D eigenvalue weighted by Crippen LogP contribution is -2.44. The number of carbonyl (C=O) groups excluding carboxylic acids is 2. The highest BCUT2D eigenvalue weighted by Crippen LogP contribution is 2.27. The summed E-state index contributed by atoms with van der Waals surface area (Å²) in [7, 11) is 0. The molecule has 0 aromatic heterocycles. The highest BCUT2D eigenvalue weighted by molar-refractivity contribution is 6.03. The first-order valence-electron chi connectivity index (χ1n) is 7.87. The number of nitrogens with one attached hydrogen (secondary N) is 1. The summed E-state index contributed by atoms with van der Waals surface area (Å²) in [5.74, 6) is -1.13. The lowest BCUT2D eigenvalue weighted by molar-refractivity contribution is -0.140. The van der Waals surface area contributed by atoms with Crippen molar-refractivity contribution in [3.63, 3.8) is 0 Å². The van der Waals surface area contributed by atoms with Crippen LogP contribution >= 0.6 is 0 Å². The zero-order valence-electron chi connectivity index (χ0n) is 13.7. The van der Waals surface area contributed by atoms with Crippen LogP contribution < -0.4 is 16.0 Å². The SMILES string of the molecule is C[C@H](N)C(=O)N[C@H](/C=C/C(=O)N1CCc2ccccc21)CC(F)(F)F. The van der Waals surface area contributed by atoms with E-state index in [9.17, 15) is 22.8 Å². The van der Waals surface area contributed by atoms with Crippen molar-refractivity contribution in [2.75, 3.05) is 11.4 Å². The first-order valence-corrected chi connectivity index (χ1v) is 7.87. The molecule has 0 unspecified atom stereocenters. The average molecular weight is 355 g/mol. The fraction of sp³-hybridized carbons (Fsp3) is 0.412. The highest BCUT2D eigenvalue weighted by atomic mass is 19.4. The molecule has 0 aliphatic carbocycles. The second-order valence-electron chi connectivity index (χ2n) is 5.95. The van der Waals surface area contributed by atoms with Gasteiger partial charge in [0.2, 0.25) is 5.91 Å². The summed E-state index contributed by atoms with van der Waals surface area (Å²) in [5, 5.41) is 2.20. The van der Waals surface area contributed by atoms with E-state index in [0.29, 0.717) is 13.0 Å². The van der Waals surface area contributed by atoms with E-state index in [1.165, 1.54) is 11.8 Å². The van der Waals surface area contributed by atoms with Crippen LogP contribution in [-0.4, -0.2) is 36.6 Å². The fourth-order valence-electron chi connectivity index (χ4n) is 2.59. The maximum atomic E-state index is 12.7. The van der Waals surface area contributed by atoms with Crippen LogP contribution in [0.15, 0.2) is 36.4 Å². The van der Waals surface area contributed by atoms with Gasteiger partial charge in [-0.05, 0) is 25.0 Å². The van der Waals surface area contributed by atoms with Crippen molar-refractivity contribution in [3.8, 4) is 0 Å².